The molecule has 1 aromatic rings. The van der Waals surface area contributed by atoms with E-state index in [9.17, 15) is 19.5 Å². The van der Waals surface area contributed by atoms with E-state index in [0.29, 0.717) is 20.6 Å². The van der Waals surface area contributed by atoms with Crippen molar-refractivity contribution < 1.29 is 36.7 Å². The summed E-state index contributed by atoms with van der Waals surface area (Å²) in [6.07, 6.45) is 2.52. The van der Waals surface area contributed by atoms with Gasteiger partial charge >= 0.3 is 15.2 Å². The second kappa shape index (κ2) is 12.4. The van der Waals surface area contributed by atoms with Crippen LogP contribution >= 0.6 is 15.2 Å². The minimum absolute atomic E-state index is 0.126. The van der Waals surface area contributed by atoms with Crippen LogP contribution in [0.3, 0.4) is 0 Å². The Balaban J connectivity index is 3.37. The van der Waals surface area contributed by atoms with Crippen LogP contribution in [0.2, 0.25) is 0 Å². The molecule has 1 rings (SSSR count). The largest absolute Gasteiger partial charge is 0.623 e. The molecular weight excluding hydrogens is 482 g/mol. The predicted octanol–water partition coefficient (Wildman–Crippen LogP) is 5.55. The molecular formula is C22H38N2O8P2. The highest BCUT2D eigenvalue weighted by atomic mass is 31.2. The molecule has 0 N–H and O–H groups in total. The summed E-state index contributed by atoms with van der Waals surface area (Å²) in [4.78, 5) is 0. The summed E-state index contributed by atoms with van der Waals surface area (Å²) < 4.78 is 48.8. The van der Waals surface area contributed by atoms with E-state index >= 15 is 0 Å². The number of hydrogen-bond acceptors (Lipinski definition) is 8. The highest BCUT2D eigenvalue weighted by molar-refractivity contribution is 7.55. The molecule has 0 bridgehead atoms. The van der Waals surface area contributed by atoms with Gasteiger partial charge in [-0.3, -0.25) is 9.13 Å². The minimum Gasteiger partial charge on any atom is -0.623 e. The van der Waals surface area contributed by atoms with Crippen LogP contribution in [0, 0.1) is 10.4 Å². The summed E-state index contributed by atoms with van der Waals surface area (Å²) in [6.45, 7) is 13.1. The second-order valence-electron chi connectivity index (χ2n) is 8.23. The number of nitrogens with zero attached hydrogens (tertiary/aromatic N) is 2. The summed E-state index contributed by atoms with van der Waals surface area (Å²) in [7, 11) is -7.49. The normalized spacial score (nSPS) is 14.5. The molecule has 0 saturated carbocycles. The van der Waals surface area contributed by atoms with E-state index in [1.165, 1.54) is 40.1 Å². The third-order valence-corrected chi connectivity index (χ3v) is 10.5. The first-order valence-electron chi connectivity index (χ1n) is 11.3. The van der Waals surface area contributed by atoms with Crippen molar-refractivity contribution in [3.8, 4) is 0 Å². The van der Waals surface area contributed by atoms with Gasteiger partial charge in [0.1, 0.15) is 0 Å². The van der Waals surface area contributed by atoms with Crippen molar-refractivity contribution in [2.75, 3.05) is 26.4 Å². The average molecular weight is 521 g/mol. The van der Waals surface area contributed by atoms with E-state index in [1.807, 2.05) is 0 Å². The molecule has 0 saturated heterocycles. The van der Waals surface area contributed by atoms with Gasteiger partial charge in [-0.25, -0.2) is 0 Å². The SMILES string of the molecule is CCOP(=O)(OCC)C(C)(C)/[N+]([O-])=C/c1cccc(/C=[N+](\[O-])C(C)(C)P(=O)(OCC)OCC)c1. The fourth-order valence-corrected chi connectivity index (χ4v) is 6.30. The lowest BCUT2D eigenvalue weighted by molar-refractivity contribution is -0.510. The molecule has 34 heavy (non-hydrogen) atoms. The van der Waals surface area contributed by atoms with Gasteiger partial charge in [0.25, 0.3) is 10.6 Å². The van der Waals surface area contributed by atoms with Crippen molar-refractivity contribution in [2.24, 2.45) is 0 Å². The first-order valence-corrected chi connectivity index (χ1v) is 14.3. The highest BCUT2D eigenvalue weighted by Crippen LogP contribution is 2.60. The Morgan fingerprint density at radius 2 is 1.03 bits per heavy atom. The van der Waals surface area contributed by atoms with E-state index < -0.39 is 25.8 Å². The lowest BCUT2D eigenvalue weighted by atomic mass is 10.1. The molecule has 194 valence electrons. The maximum Gasteiger partial charge on any atom is 0.401 e. The van der Waals surface area contributed by atoms with Gasteiger partial charge in [0.15, 0.2) is 12.4 Å². The van der Waals surface area contributed by atoms with Crippen molar-refractivity contribution in [3.05, 3.63) is 45.8 Å². The van der Waals surface area contributed by atoms with E-state index in [0.717, 1.165) is 0 Å². The Kier molecular flexibility index (Phi) is 11.1. The molecule has 0 aliphatic rings. The summed E-state index contributed by atoms with van der Waals surface area (Å²) in [5.74, 6) is 0. The number of hydroxylamine groups is 2. The van der Waals surface area contributed by atoms with Crippen molar-refractivity contribution in [2.45, 2.75) is 65.9 Å². The third kappa shape index (κ3) is 6.78. The first kappa shape index (κ1) is 30.5. The molecule has 1 aromatic carbocycles. The van der Waals surface area contributed by atoms with Crippen LogP contribution < -0.4 is 0 Å². The smallest absolute Gasteiger partial charge is 0.401 e. The van der Waals surface area contributed by atoms with Gasteiger partial charge < -0.3 is 28.5 Å². The molecule has 0 amide bonds. The van der Waals surface area contributed by atoms with Gasteiger partial charge in [0.05, 0.1) is 26.4 Å². The molecule has 0 aromatic heterocycles. The van der Waals surface area contributed by atoms with Crippen LogP contribution in [-0.2, 0) is 27.2 Å². The van der Waals surface area contributed by atoms with Crippen LogP contribution in [0.15, 0.2) is 24.3 Å². The number of benzene rings is 1. The zero-order valence-electron chi connectivity index (χ0n) is 21.3. The predicted molar refractivity (Wildman–Crippen MR) is 134 cm³/mol. The summed E-state index contributed by atoms with van der Waals surface area (Å²) >= 11 is 0. The van der Waals surface area contributed by atoms with Crippen LogP contribution in [0.4, 0.5) is 0 Å². The zero-order chi connectivity index (χ0) is 26.2. The van der Waals surface area contributed by atoms with Gasteiger partial charge in [-0.1, -0.05) is 6.07 Å². The minimum atomic E-state index is -3.75. The average Bonchev–Trinajstić information content (AvgIpc) is 2.74. The number of rotatable bonds is 14. The topological polar surface area (TPSA) is 123 Å². The fourth-order valence-electron chi connectivity index (χ4n) is 2.93. The Morgan fingerprint density at radius 3 is 1.29 bits per heavy atom. The van der Waals surface area contributed by atoms with Crippen LogP contribution in [0.25, 0.3) is 0 Å². The standard InChI is InChI=1S/C22H38N2O8P2/c1-9-29-33(27,30-10-2)21(5,6)23(25)17-19-14-13-15-20(16-19)18-24(26)22(7,8)34(28,31-11-3)32-12-4/h13-18H,9-12H2,1-8H3/b23-17-,24-18-. The molecule has 0 spiro atoms. The van der Waals surface area contributed by atoms with Gasteiger partial charge in [0.2, 0.25) is 0 Å². The van der Waals surface area contributed by atoms with Crippen LogP contribution in [-0.4, -0.2) is 58.9 Å². The summed E-state index contributed by atoms with van der Waals surface area (Å²) in [6, 6.07) is 6.58. The monoisotopic (exact) mass is 520 g/mol. The Morgan fingerprint density at radius 1 is 0.735 bits per heavy atom. The molecule has 0 unspecified atom stereocenters. The first-order chi connectivity index (χ1) is 15.7. The maximum atomic E-state index is 13.2. The molecule has 0 aliphatic carbocycles. The highest BCUT2D eigenvalue weighted by Gasteiger charge is 2.52. The second-order valence-corrected chi connectivity index (χ2v) is 13.4. The zero-order valence-corrected chi connectivity index (χ0v) is 23.1. The molecule has 0 fully saturated rings. The van der Waals surface area contributed by atoms with E-state index in [2.05, 4.69) is 0 Å². The quantitative estimate of drug-likeness (QED) is 0.103. The molecule has 0 radical (unpaired) electrons. The van der Waals surface area contributed by atoms with Crippen molar-refractivity contribution in [1.29, 1.82) is 0 Å². The van der Waals surface area contributed by atoms with Gasteiger partial charge in [-0.05, 0) is 45.9 Å². The summed E-state index contributed by atoms with van der Waals surface area (Å²) in [5.41, 5.74) is 0.917. The Labute approximate surface area is 202 Å². The van der Waals surface area contributed by atoms with Gasteiger partial charge in [-0.2, -0.15) is 9.48 Å². The maximum absolute atomic E-state index is 13.2. The van der Waals surface area contributed by atoms with E-state index in [4.69, 9.17) is 18.1 Å². The van der Waals surface area contributed by atoms with Crippen LogP contribution in [0.5, 0.6) is 0 Å². The van der Waals surface area contributed by atoms with E-state index in [-0.39, 0.29) is 26.4 Å². The van der Waals surface area contributed by atoms with E-state index in [1.54, 1.807) is 52.0 Å². The molecule has 0 atom stereocenters. The summed E-state index contributed by atoms with van der Waals surface area (Å²) in [5, 5.41) is 23.0. The molecule has 0 aliphatic heterocycles. The van der Waals surface area contributed by atoms with Crippen molar-refractivity contribution in [1.82, 2.24) is 0 Å². The molecule has 12 heteroatoms. The molecule has 0 heterocycles. The Hall–Kier alpha value is -1.54. The van der Waals surface area contributed by atoms with Gasteiger partial charge in [-0.15, -0.1) is 0 Å². The molecule has 10 nitrogen and oxygen atoms in total. The third-order valence-electron chi connectivity index (χ3n) is 5.06. The lowest BCUT2D eigenvalue weighted by Gasteiger charge is -2.30. The fraction of sp³-hybridized carbons (Fsp3) is 0.636. The Bertz CT molecular complexity index is 882. The van der Waals surface area contributed by atoms with Crippen molar-refractivity contribution in [3.63, 3.8) is 0 Å². The van der Waals surface area contributed by atoms with Crippen LogP contribution in [0.1, 0.15) is 66.5 Å². The van der Waals surface area contributed by atoms with Gasteiger partial charge in [0, 0.05) is 38.8 Å². The number of hydrogen-bond donors (Lipinski definition) is 0. The lowest BCUT2D eigenvalue weighted by Crippen LogP contribution is -2.35. The van der Waals surface area contributed by atoms with Crippen molar-refractivity contribution >= 4 is 27.6 Å².